The van der Waals surface area contributed by atoms with Crippen molar-refractivity contribution in [3.05, 3.63) is 35.9 Å². The lowest BCUT2D eigenvalue weighted by atomic mass is 9.70. The van der Waals surface area contributed by atoms with Gasteiger partial charge in [0.1, 0.15) is 11.6 Å². The Labute approximate surface area is 131 Å². The molecule has 0 heterocycles. The van der Waals surface area contributed by atoms with Gasteiger partial charge in [-0.3, -0.25) is 9.59 Å². The van der Waals surface area contributed by atoms with Crippen molar-refractivity contribution < 1.29 is 9.59 Å². The van der Waals surface area contributed by atoms with Crippen LogP contribution in [0, 0.1) is 5.41 Å². The van der Waals surface area contributed by atoms with Crippen LogP contribution in [0.25, 0.3) is 0 Å². The highest BCUT2D eigenvalue weighted by Gasteiger charge is 2.51. The van der Waals surface area contributed by atoms with Crippen molar-refractivity contribution in [1.82, 2.24) is 5.32 Å². The molecular formula is C19H23NO2. The lowest BCUT2D eigenvalue weighted by Crippen LogP contribution is -2.43. The van der Waals surface area contributed by atoms with E-state index in [2.05, 4.69) is 35.6 Å². The third kappa shape index (κ3) is 2.32. The second-order valence-electron chi connectivity index (χ2n) is 7.23. The van der Waals surface area contributed by atoms with Gasteiger partial charge < -0.3 is 5.32 Å². The molecule has 0 bridgehead atoms. The number of hydrogen-bond donors (Lipinski definition) is 1. The molecule has 0 saturated heterocycles. The molecule has 2 unspecified atom stereocenters. The predicted octanol–water partition coefficient (Wildman–Crippen LogP) is 2.99. The Hall–Kier alpha value is -1.48. The number of benzene rings is 1. The third-order valence-electron chi connectivity index (χ3n) is 5.95. The molecule has 116 valence electrons. The van der Waals surface area contributed by atoms with Gasteiger partial charge in [-0.15, -0.1) is 0 Å². The Bertz CT molecular complexity index is 569. The summed E-state index contributed by atoms with van der Waals surface area (Å²) < 4.78 is 0. The van der Waals surface area contributed by atoms with Crippen LogP contribution in [-0.4, -0.2) is 23.7 Å². The zero-order valence-corrected chi connectivity index (χ0v) is 12.9. The van der Waals surface area contributed by atoms with E-state index in [0.29, 0.717) is 30.8 Å². The summed E-state index contributed by atoms with van der Waals surface area (Å²) >= 11 is 0. The van der Waals surface area contributed by atoms with Crippen LogP contribution in [0.5, 0.6) is 0 Å². The number of carbonyl (C=O) groups excluding carboxylic acids is 2. The molecule has 1 aromatic rings. The molecule has 0 amide bonds. The summed E-state index contributed by atoms with van der Waals surface area (Å²) in [6, 6.07) is 11.7. The van der Waals surface area contributed by atoms with Crippen LogP contribution < -0.4 is 5.32 Å². The van der Waals surface area contributed by atoms with E-state index < -0.39 is 5.41 Å². The zero-order chi connectivity index (χ0) is 15.2. The van der Waals surface area contributed by atoms with Crippen molar-refractivity contribution in [3.8, 4) is 0 Å². The Morgan fingerprint density at radius 2 is 1.59 bits per heavy atom. The molecule has 3 aliphatic carbocycles. The fraction of sp³-hybridized carbons (Fsp3) is 0.579. The molecule has 0 aromatic heterocycles. The van der Waals surface area contributed by atoms with Gasteiger partial charge in [0.2, 0.25) is 0 Å². The molecule has 4 rings (SSSR count). The van der Waals surface area contributed by atoms with Gasteiger partial charge in [0.15, 0.2) is 0 Å². The van der Waals surface area contributed by atoms with Crippen molar-refractivity contribution in [3.63, 3.8) is 0 Å². The van der Waals surface area contributed by atoms with Crippen LogP contribution >= 0.6 is 0 Å². The van der Waals surface area contributed by atoms with E-state index in [9.17, 15) is 9.59 Å². The van der Waals surface area contributed by atoms with Crippen LogP contribution in [0.1, 0.15) is 56.4 Å². The predicted molar refractivity (Wildman–Crippen MR) is 84.7 cm³/mol. The molecule has 0 radical (unpaired) electrons. The average molecular weight is 297 g/mol. The summed E-state index contributed by atoms with van der Waals surface area (Å²) in [6.07, 6.45) is 5.65. The maximum Gasteiger partial charge on any atom is 0.146 e. The largest absolute Gasteiger partial charge is 0.311 e. The molecule has 3 heteroatoms. The first kappa shape index (κ1) is 14.1. The summed E-state index contributed by atoms with van der Waals surface area (Å²) in [5, 5.41) is 3.75. The van der Waals surface area contributed by atoms with Crippen LogP contribution in [0.2, 0.25) is 0 Å². The van der Waals surface area contributed by atoms with E-state index >= 15 is 0 Å². The van der Waals surface area contributed by atoms with Gasteiger partial charge in [-0.2, -0.15) is 0 Å². The van der Waals surface area contributed by atoms with Gasteiger partial charge >= 0.3 is 0 Å². The first-order valence-corrected chi connectivity index (χ1v) is 8.57. The minimum Gasteiger partial charge on any atom is -0.311 e. The minimum absolute atomic E-state index is 0.213. The van der Waals surface area contributed by atoms with Crippen LogP contribution in [0.4, 0.5) is 0 Å². The zero-order valence-electron chi connectivity index (χ0n) is 12.9. The third-order valence-corrected chi connectivity index (χ3v) is 5.95. The summed E-state index contributed by atoms with van der Waals surface area (Å²) in [5.41, 5.74) is 0.842. The van der Waals surface area contributed by atoms with Gasteiger partial charge in [0.05, 0.1) is 5.41 Å². The molecular weight excluding hydrogens is 274 g/mol. The Morgan fingerprint density at radius 1 is 0.955 bits per heavy atom. The normalized spacial score (nSPS) is 30.9. The molecule has 3 nitrogen and oxygen atoms in total. The molecule has 22 heavy (non-hydrogen) atoms. The second kappa shape index (κ2) is 5.31. The quantitative estimate of drug-likeness (QED) is 0.872. The fourth-order valence-electron chi connectivity index (χ4n) is 4.45. The molecule has 2 atom stereocenters. The first-order valence-electron chi connectivity index (χ1n) is 8.57. The maximum atomic E-state index is 12.1. The Morgan fingerprint density at radius 3 is 2.23 bits per heavy atom. The monoisotopic (exact) mass is 297 g/mol. The first-order chi connectivity index (χ1) is 10.7. The molecule has 1 N–H and O–H groups in total. The van der Waals surface area contributed by atoms with Crippen molar-refractivity contribution in [2.45, 2.75) is 62.9 Å². The van der Waals surface area contributed by atoms with Crippen molar-refractivity contribution in [1.29, 1.82) is 0 Å². The highest BCUT2D eigenvalue weighted by molar-refractivity contribution is 6.12. The molecule has 3 saturated carbocycles. The van der Waals surface area contributed by atoms with Gasteiger partial charge in [0.25, 0.3) is 0 Å². The van der Waals surface area contributed by atoms with E-state index in [1.807, 2.05) is 0 Å². The number of carbonyl (C=O) groups is 2. The standard InChI is InChI=1S/C19H23NO2/c21-17-6-7-18(22)19(17)10-8-14(9-11-19)20-16-12-15(16)13-4-2-1-3-5-13/h1-5,14-16,20H,6-12H2. The van der Waals surface area contributed by atoms with E-state index in [4.69, 9.17) is 0 Å². The number of Topliss-reactive ketones (excluding diaryl/α,β-unsaturated/α-hetero) is 2. The molecule has 0 aliphatic heterocycles. The van der Waals surface area contributed by atoms with E-state index in [0.717, 1.165) is 25.7 Å². The molecule has 3 aliphatic rings. The SMILES string of the molecule is O=C1CCC(=O)C12CCC(NC1CC1c1ccccc1)CC2. The summed E-state index contributed by atoms with van der Waals surface area (Å²) in [5.74, 6) is 1.07. The van der Waals surface area contributed by atoms with Crippen LogP contribution in [-0.2, 0) is 9.59 Å². The lowest BCUT2D eigenvalue weighted by Gasteiger charge is -2.35. The number of nitrogens with one attached hydrogen (secondary N) is 1. The van der Waals surface area contributed by atoms with Crippen molar-refractivity contribution >= 4 is 11.6 Å². The van der Waals surface area contributed by atoms with Gasteiger partial charge in [0, 0.05) is 30.8 Å². The highest BCUT2D eigenvalue weighted by atomic mass is 16.2. The number of rotatable bonds is 3. The molecule has 3 fully saturated rings. The lowest BCUT2D eigenvalue weighted by molar-refractivity contribution is -0.137. The van der Waals surface area contributed by atoms with Crippen molar-refractivity contribution in [2.75, 3.05) is 0 Å². The average Bonchev–Trinajstić information content (AvgIpc) is 3.27. The Balaban J connectivity index is 1.32. The smallest absolute Gasteiger partial charge is 0.146 e. The van der Waals surface area contributed by atoms with Gasteiger partial charge in [-0.05, 0) is 37.7 Å². The second-order valence-corrected chi connectivity index (χ2v) is 7.23. The van der Waals surface area contributed by atoms with Crippen molar-refractivity contribution in [2.24, 2.45) is 5.41 Å². The van der Waals surface area contributed by atoms with Crippen LogP contribution in [0.3, 0.4) is 0 Å². The van der Waals surface area contributed by atoms with E-state index in [-0.39, 0.29) is 11.6 Å². The number of hydrogen-bond acceptors (Lipinski definition) is 3. The fourth-order valence-corrected chi connectivity index (χ4v) is 4.45. The summed E-state index contributed by atoms with van der Waals surface area (Å²) in [6.45, 7) is 0. The molecule has 1 aromatic carbocycles. The van der Waals surface area contributed by atoms with Gasteiger partial charge in [-0.1, -0.05) is 30.3 Å². The summed E-state index contributed by atoms with van der Waals surface area (Å²) in [7, 11) is 0. The minimum atomic E-state index is -0.583. The topological polar surface area (TPSA) is 46.2 Å². The number of ketones is 2. The highest BCUT2D eigenvalue weighted by Crippen LogP contribution is 2.46. The maximum absolute atomic E-state index is 12.1. The molecule has 1 spiro atoms. The summed E-state index contributed by atoms with van der Waals surface area (Å²) in [4.78, 5) is 24.2. The van der Waals surface area contributed by atoms with E-state index in [1.165, 1.54) is 12.0 Å². The van der Waals surface area contributed by atoms with Crippen LogP contribution in [0.15, 0.2) is 30.3 Å². The van der Waals surface area contributed by atoms with Gasteiger partial charge in [-0.25, -0.2) is 0 Å². The Kier molecular flexibility index (Phi) is 3.41. The van der Waals surface area contributed by atoms with E-state index in [1.54, 1.807) is 0 Å².